The highest BCUT2D eigenvalue weighted by molar-refractivity contribution is 9.10. The molecule has 0 aliphatic heterocycles. The smallest absolute Gasteiger partial charge is 0.0637 e. The molecule has 1 rings (SSSR count). The molecule has 4 nitrogen and oxygen atoms in total. The molecular weight excluding hydrogens is 284 g/mol. The first kappa shape index (κ1) is 14.3. The Morgan fingerprint density at radius 2 is 2.12 bits per heavy atom. The highest BCUT2D eigenvalue weighted by Gasteiger charge is 2.11. The van der Waals surface area contributed by atoms with E-state index in [1.165, 1.54) is 0 Å². The van der Waals surface area contributed by atoms with E-state index in [-0.39, 0.29) is 6.61 Å². The van der Waals surface area contributed by atoms with Crippen LogP contribution in [0, 0.1) is 6.92 Å². The Morgan fingerprint density at radius 3 is 2.71 bits per heavy atom. The maximum Gasteiger partial charge on any atom is 0.0637 e. The van der Waals surface area contributed by atoms with Gasteiger partial charge in [0.25, 0.3) is 0 Å². The number of halogens is 1. The number of hydrogen-bond acceptors (Lipinski definition) is 4. The molecule has 0 aromatic heterocycles. The third-order valence-electron chi connectivity index (χ3n) is 2.61. The van der Waals surface area contributed by atoms with E-state index in [1.54, 1.807) is 7.11 Å². The van der Waals surface area contributed by atoms with Crippen LogP contribution in [-0.4, -0.2) is 38.5 Å². The van der Waals surface area contributed by atoms with Crippen molar-refractivity contribution in [3.63, 3.8) is 0 Å². The molecular formula is C12H19BrN2O2. The van der Waals surface area contributed by atoms with Gasteiger partial charge in [-0.05, 0) is 40.5 Å². The van der Waals surface area contributed by atoms with Crippen LogP contribution in [0.2, 0.25) is 0 Å². The van der Waals surface area contributed by atoms with Crippen molar-refractivity contribution >= 4 is 27.3 Å². The van der Waals surface area contributed by atoms with E-state index in [2.05, 4.69) is 20.8 Å². The van der Waals surface area contributed by atoms with Gasteiger partial charge in [0.2, 0.25) is 0 Å². The van der Waals surface area contributed by atoms with Crippen molar-refractivity contribution in [1.82, 2.24) is 0 Å². The minimum atomic E-state index is 0.111. The summed E-state index contributed by atoms with van der Waals surface area (Å²) in [6, 6.07) is 3.91. The molecule has 0 amide bonds. The van der Waals surface area contributed by atoms with Crippen molar-refractivity contribution < 1.29 is 9.84 Å². The maximum absolute atomic E-state index is 9.09. The Hall–Kier alpha value is -0.780. The van der Waals surface area contributed by atoms with E-state index >= 15 is 0 Å². The van der Waals surface area contributed by atoms with Crippen LogP contribution in [0.1, 0.15) is 5.56 Å². The summed E-state index contributed by atoms with van der Waals surface area (Å²) < 4.78 is 6.01. The fraction of sp³-hybridized carbons (Fsp3) is 0.500. The van der Waals surface area contributed by atoms with E-state index < -0.39 is 0 Å². The lowest BCUT2D eigenvalue weighted by molar-refractivity contribution is 0.203. The van der Waals surface area contributed by atoms with E-state index in [1.807, 2.05) is 19.1 Å². The normalized spacial score (nSPS) is 10.6. The van der Waals surface area contributed by atoms with Gasteiger partial charge in [0.15, 0.2) is 0 Å². The van der Waals surface area contributed by atoms with Crippen LogP contribution in [0.4, 0.5) is 11.4 Å². The second kappa shape index (κ2) is 6.83. The van der Waals surface area contributed by atoms with Gasteiger partial charge in [-0.3, -0.25) is 0 Å². The lowest BCUT2D eigenvalue weighted by Crippen LogP contribution is -2.30. The minimum absolute atomic E-state index is 0.111. The van der Waals surface area contributed by atoms with Gasteiger partial charge in [-0.25, -0.2) is 0 Å². The first-order chi connectivity index (χ1) is 8.10. The van der Waals surface area contributed by atoms with E-state index in [4.69, 9.17) is 15.6 Å². The number of benzene rings is 1. The SMILES string of the molecule is COCCN(CCO)c1cc(C)c(N)cc1Br. The predicted molar refractivity (Wildman–Crippen MR) is 74.5 cm³/mol. The second-order valence-corrected chi connectivity index (χ2v) is 4.72. The van der Waals surface area contributed by atoms with Gasteiger partial charge in [-0.1, -0.05) is 0 Å². The number of aliphatic hydroxyl groups excluding tert-OH is 1. The lowest BCUT2D eigenvalue weighted by atomic mass is 10.1. The molecule has 0 heterocycles. The number of hydrogen-bond donors (Lipinski definition) is 2. The third-order valence-corrected chi connectivity index (χ3v) is 3.25. The van der Waals surface area contributed by atoms with Gasteiger partial charge in [-0.2, -0.15) is 0 Å². The Morgan fingerprint density at radius 1 is 1.41 bits per heavy atom. The summed E-state index contributed by atoms with van der Waals surface area (Å²) in [6.07, 6.45) is 0. The number of ether oxygens (including phenoxy) is 1. The fourth-order valence-electron chi connectivity index (χ4n) is 1.60. The van der Waals surface area contributed by atoms with Gasteiger partial charge >= 0.3 is 0 Å². The molecule has 0 fully saturated rings. The van der Waals surface area contributed by atoms with Crippen LogP contribution < -0.4 is 10.6 Å². The molecule has 17 heavy (non-hydrogen) atoms. The zero-order valence-electron chi connectivity index (χ0n) is 10.2. The van der Waals surface area contributed by atoms with Crippen molar-refractivity contribution in [2.24, 2.45) is 0 Å². The van der Waals surface area contributed by atoms with Crippen LogP contribution >= 0.6 is 15.9 Å². The average Bonchev–Trinajstić information content (AvgIpc) is 2.29. The number of methoxy groups -OCH3 is 1. The predicted octanol–water partition coefficient (Wildman–Crippen LogP) is 1.78. The molecule has 0 saturated carbocycles. The number of anilines is 2. The molecule has 0 unspecified atom stereocenters. The van der Waals surface area contributed by atoms with Crippen molar-refractivity contribution in [1.29, 1.82) is 0 Å². The van der Waals surface area contributed by atoms with Gasteiger partial charge in [0.05, 0.1) is 18.9 Å². The summed E-state index contributed by atoms with van der Waals surface area (Å²) in [5, 5.41) is 9.09. The molecule has 1 aromatic rings. The van der Waals surface area contributed by atoms with Crippen LogP contribution in [0.25, 0.3) is 0 Å². The first-order valence-corrected chi connectivity index (χ1v) is 6.29. The molecule has 0 atom stereocenters. The highest BCUT2D eigenvalue weighted by atomic mass is 79.9. The number of aliphatic hydroxyl groups is 1. The summed E-state index contributed by atoms with van der Waals surface area (Å²) in [5.41, 5.74) is 8.66. The Balaban J connectivity index is 2.96. The summed E-state index contributed by atoms with van der Waals surface area (Å²) in [4.78, 5) is 2.07. The number of aryl methyl sites for hydroxylation is 1. The fourth-order valence-corrected chi connectivity index (χ4v) is 2.21. The van der Waals surface area contributed by atoms with Crippen molar-refractivity contribution in [2.45, 2.75) is 6.92 Å². The third kappa shape index (κ3) is 3.87. The molecule has 0 bridgehead atoms. The zero-order valence-corrected chi connectivity index (χ0v) is 11.8. The van der Waals surface area contributed by atoms with Crippen LogP contribution in [0.5, 0.6) is 0 Å². The van der Waals surface area contributed by atoms with Crippen molar-refractivity contribution in [3.8, 4) is 0 Å². The molecule has 96 valence electrons. The van der Waals surface area contributed by atoms with Gasteiger partial charge in [-0.15, -0.1) is 0 Å². The van der Waals surface area contributed by atoms with Gasteiger partial charge in [0.1, 0.15) is 0 Å². The topological polar surface area (TPSA) is 58.7 Å². The van der Waals surface area contributed by atoms with Crippen LogP contribution in [0.3, 0.4) is 0 Å². The first-order valence-electron chi connectivity index (χ1n) is 5.50. The van der Waals surface area contributed by atoms with Gasteiger partial charge in [0, 0.05) is 30.4 Å². The Kier molecular flexibility index (Phi) is 5.74. The molecule has 3 N–H and O–H groups in total. The molecule has 1 aromatic carbocycles. The standard InChI is InChI=1S/C12H19BrN2O2/c1-9-7-12(10(13)8-11(9)14)15(3-5-16)4-6-17-2/h7-8,16H,3-6,14H2,1-2H3. The quantitative estimate of drug-likeness (QED) is 0.787. The van der Waals surface area contributed by atoms with Crippen LogP contribution in [-0.2, 0) is 4.74 Å². The molecule has 0 aliphatic rings. The maximum atomic E-state index is 9.09. The zero-order chi connectivity index (χ0) is 12.8. The molecule has 0 spiro atoms. The van der Waals surface area contributed by atoms with E-state index in [0.29, 0.717) is 13.2 Å². The largest absolute Gasteiger partial charge is 0.398 e. The summed E-state index contributed by atoms with van der Waals surface area (Å²) in [5.74, 6) is 0. The Labute approximate surface area is 110 Å². The molecule has 0 aliphatic carbocycles. The molecule has 5 heteroatoms. The average molecular weight is 303 g/mol. The molecule has 0 saturated heterocycles. The number of nitrogens with zero attached hydrogens (tertiary/aromatic N) is 1. The van der Waals surface area contributed by atoms with E-state index in [9.17, 15) is 0 Å². The highest BCUT2D eigenvalue weighted by Crippen LogP contribution is 2.30. The van der Waals surface area contributed by atoms with Crippen LogP contribution in [0.15, 0.2) is 16.6 Å². The summed E-state index contributed by atoms with van der Waals surface area (Å²) in [6.45, 7) is 4.01. The number of nitrogen functional groups attached to an aromatic ring is 1. The lowest BCUT2D eigenvalue weighted by Gasteiger charge is -2.25. The molecule has 0 radical (unpaired) electrons. The second-order valence-electron chi connectivity index (χ2n) is 3.86. The monoisotopic (exact) mass is 302 g/mol. The number of rotatable bonds is 6. The Bertz CT molecular complexity index is 372. The number of nitrogens with two attached hydrogens (primary N) is 1. The van der Waals surface area contributed by atoms with Crippen molar-refractivity contribution in [3.05, 3.63) is 22.2 Å². The van der Waals surface area contributed by atoms with E-state index in [0.717, 1.165) is 28.0 Å². The van der Waals surface area contributed by atoms with Crippen molar-refractivity contribution in [2.75, 3.05) is 44.0 Å². The minimum Gasteiger partial charge on any atom is -0.398 e. The summed E-state index contributed by atoms with van der Waals surface area (Å²) in [7, 11) is 1.67. The summed E-state index contributed by atoms with van der Waals surface area (Å²) >= 11 is 3.50. The van der Waals surface area contributed by atoms with Gasteiger partial charge < -0.3 is 20.5 Å².